The molecule has 3 N–H and O–H groups in total. The zero-order valence-corrected chi connectivity index (χ0v) is 28.7. The number of nitrogens with one attached hydrogen (secondary N) is 2. The number of benzene rings is 1. The Hall–Kier alpha value is -5.85. The number of fused-ring (bicyclic) bond motifs is 1. The predicted molar refractivity (Wildman–Crippen MR) is 177 cm³/mol. The number of hydrogen-bond donors (Lipinski definition) is 3. The number of hydrogen-bond acceptors (Lipinski definition) is 10. The molecule has 1 aromatic carbocycles. The highest BCUT2D eigenvalue weighted by atomic mass is 19.4. The molecule has 2 saturated heterocycles. The molecule has 0 saturated carbocycles. The van der Waals surface area contributed by atoms with Crippen LogP contribution >= 0.6 is 0 Å². The molecule has 4 heterocycles. The first kappa shape index (κ1) is 38.4. The number of rotatable bonds is 13. The Morgan fingerprint density at radius 3 is 2.45 bits per heavy atom. The summed E-state index contributed by atoms with van der Waals surface area (Å²) in [7, 11) is 3.80. The smallest absolute Gasteiger partial charge is 0.435 e. The van der Waals surface area contributed by atoms with Crippen LogP contribution in [0.5, 0.6) is 5.88 Å². The van der Waals surface area contributed by atoms with Gasteiger partial charge in [0.2, 0.25) is 17.7 Å². The van der Waals surface area contributed by atoms with Crippen LogP contribution in [0.2, 0.25) is 0 Å². The summed E-state index contributed by atoms with van der Waals surface area (Å²) in [5.74, 6) is -5.86. The Bertz CT molecular complexity index is 1850. The van der Waals surface area contributed by atoms with E-state index in [2.05, 4.69) is 20.7 Å². The van der Waals surface area contributed by atoms with Gasteiger partial charge in [-0.05, 0) is 63.2 Å². The topological polar surface area (TPSA) is 196 Å². The molecule has 2 unspecified atom stereocenters. The molecule has 5 rings (SSSR count). The van der Waals surface area contributed by atoms with Crippen LogP contribution in [0.15, 0.2) is 54.7 Å². The average molecular weight is 743 g/mol. The Morgan fingerprint density at radius 2 is 1.81 bits per heavy atom. The second kappa shape index (κ2) is 16.2. The van der Waals surface area contributed by atoms with Crippen molar-refractivity contribution in [3.05, 3.63) is 71.5 Å². The summed E-state index contributed by atoms with van der Waals surface area (Å²) in [5, 5.41) is 20.1. The minimum Gasteiger partial charge on any atom is -0.481 e. The van der Waals surface area contributed by atoms with Gasteiger partial charge in [-0.15, -0.1) is 0 Å². The van der Waals surface area contributed by atoms with Crippen molar-refractivity contribution < 1.29 is 51.8 Å². The highest BCUT2D eigenvalue weighted by Gasteiger charge is 2.45. The number of hydrazine groups is 1. The molecule has 0 spiro atoms. The summed E-state index contributed by atoms with van der Waals surface area (Å²) in [6.07, 6.45) is -4.36. The standard InChI is InChI=1S/C34H37F3N8O8/c1-42(2)18-20-8-10-21(11-9-20)31(50)39-22-12-13-28(47)43-15-5-6-24(45(43)33(22)52)32(51)40-23(16-30(48)49)25(46)19-53-29-17-26(34(35,36)37)41-44(29)27-7-3-4-14-38-27/h3-4,7-11,14,17,22-24H,5-6,12-13,15-16,18-19H2,1-2H3,(H,39,50)(H,40,51)(H,48,49)/t22?,23-,24?/m0/s1. The Labute approximate surface area is 300 Å². The van der Waals surface area contributed by atoms with Gasteiger partial charge in [0.05, 0.1) is 6.42 Å². The van der Waals surface area contributed by atoms with E-state index in [0.717, 1.165) is 20.3 Å². The maximum atomic E-state index is 13.9. The summed E-state index contributed by atoms with van der Waals surface area (Å²) < 4.78 is 46.6. The number of carbonyl (C=O) groups excluding carboxylic acids is 5. The van der Waals surface area contributed by atoms with E-state index in [0.29, 0.717) is 12.6 Å². The monoisotopic (exact) mass is 742 g/mol. The van der Waals surface area contributed by atoms with Crippen LogP contribution in [-0.4, -0.2) is 116 Å². The van der Waals surface area contributed by atoms with Crippen molar-refractivity contribution in [2.75, 3.05) is 27.2 Å². The molecule has 4 amide bonds. The first-order valence-corrected chi connectivity index (χ1v) is 16.6. The van der Waals surface area contributed by atoms with Crippen LogP contribution in [0.3, 0.4) is 0 Å². The van der Waals surface area contributed by atoms with Gasteiger partial charge in [0.1, 0.15) is 18.1 Å². The minimum absolute atomic E-state index is 0.0311. The van der Waals surface area contributed by atoms with E-state index in [-0.39, 0.29) is 43.6 Å². The molecule has 3 atom stereocenters. The molecule has 3 aromatic rings. The quantitative estimate of drug-likeness (QED) is 0.230. The van der Waals surface area contributed by atoms with E-state index in [9.17, 15) is 47.0 Å². The summed E-state index contributed by atoms with van der Waals surface area (Å²) >= 11 is 0. The molecule has 282 valence electrons. The van der Waals surface area contributed by atoms with E-state index >= 15 is 0 Å². The van der Waals surface area contributed by atoms with Crippen LogP contribution in [0.4, 0.5) is 13.2 Å². The summed E-state index contributed by atoms with van der Waals surface area (Å²) in [4.78, 5) is 84.9. The van der Waals surface area contributed by atoms with Crippen molar-refractivity contribution in [3.8, 4) is 11.7 Å². The summed E-state index contributed by atoms with van der Waals surface area (Å²) in [6.45, 7) is -0.237. The fourth-order valence-corrected chi connectivity index (χ4v) is 5.96. The number of carboxylic acid groups (broad SMARTS) is 1. The van der Waals surface area contributed by atoms with Crippen LogP contribution in [0.1, 0.15) is 53.7 Å². The number of pyridine rings is 1. The number of alkyl halides is 3. The summed E-state index contributed by atoms with van der Waals surface area (Å²) in [6, 6.07) is 7.35. The van der Waals surface area contributed by atoms with E-state index in [1.165, 1.54) is 24.4 Å². The van der Waals surface area contributed by atoms with E-state index < -0.39 is 84.3 Å². The van der Waals surface area contributed by atoms with Crippen LogP contribution < -0.4 is 15.4 Å². The Balaban J connectivity index is 1.31. The van der Waals surface area contributed by atoms with Gasteiger partial charge in [0.25, 0.3) is 11.8 Å². The highest BCUT2D eigenvalue weighted by molar-refractivity contribution is 6.00. The number of aromatic nitrogens is 3. The maximum Gasteiger partial charge on any atom is 0.435 e. The largest absolute Gasteiger partial charge is 0.481 e. The second-order valence-electron chi connectivity index (χ2n) is 12.7. The lowest BCUT2D eigenvalue weighted by Gasteiger charge is -2.43. The first-order valence-electron chi connectivity index (χ1n) is 16.6. The normalized spacial score (nSPS) is 18.2. The van der Waals surface area contributed by atoms with Crippen molar-refractivity contribution in [1.82, 2.24) is 40.3 Å². The van der Waals surface area contributed by atoms with Crippen LogP contribution in [-0.2, 0) is 36.7 Å². The van der Waals surface area contributed by atoms with E-state index in [4.69, 9.17) is 4.74 Å². The lowest BCUT2D eigenvalue weighted by molar-refractivity contribution is -0.176. The zero-order valence-electron chi connectivity index (χ0n) is 28.7. The fourth-order valence-electron chi connectivity index (χ4n) is 5.96. The van der Waals surface area contributed by atoms with Crippen LogP contribution in [0, 0.1) is 0 Å². The number of Topliss-reactive ketones (excluding diaryl/α,β-unsaturated/α-hetero) is 1. The third kappa shape index (κ3) is 9.34. The van der Waals surface area contributed by atoms with Crippen molar-refractivity contribution in [1.29, 1.82) is 0 Å². The first-order chi connectivity index (χ1) is 25.1. The number of carbonyl (C=O) groups is 6. The van der Waals surface area contributed by atoms with Crippen molar-refractivity contribution >= 4 is 35.4 Å². The van der Waals surface area contributed by atoms with E-state index in [1.54, 1.807) is 24.3 Å². The third-order valence-corrected chi connectivity index (χ3v) is 8.46. The average Bonchev–Trinajstić information content (AvgIpc) is 3.52. The molecule has 0 aliphatic carbocycles. The molecule has 0 bridgehead atoms. The molecular weight excluding hydrogens is 705 g/mol. The minimum atomic E-state index is -4.87. The Morgan fingerprint density at radius 1 is 1.08 bits per heavy atom. The fraction of sp³-hybridized carbons (Fsp3) is 0.412. The lowest BCUT2D eigenvalue weighted by atomic mass is 10.0. The van der Waals surface area contributed by atoms with Gasteiger partial charge in [-0.25, -0.2) is 9.99 Å². The molecule has 2 aromatic heterocycles. The third-order valence-electron chi connectivity index (χ3n) is 8.46. The number of amides is 4. The SMILES string of the molecule is CN(C)Cc1ccc(C(=O)NC2CCC(=O)N3CCCC(C(=O)N[C@@H](CC(=O)O)C(=O)COc4cc(C(F)(F)F)nn4-c4ccccn4)N3C2=O)cc1. The summed E-state index contributed by atoms with van der Waals surface area (Å²) in [5.41, 5.74) is -0.110. The zero-order chi connectivity index (χ0) is 38.4. The maximum absolute atomic E-state index is 13.9. The molecular formula is C34H37F3N8O8. The molecule has 2 fully saturated rings. The van der Waals surface area contributed by atoms with Gasteiger partial charge in [-0.2, -0.15) is 23.0 Å². The Kier molecular flexibility index (Phi) is 11.7. The van der Waals surface area contributed by atoms with Crippen LogP contribution in [0.25, 0.3) is 5.82 Å². The van der Waals surface area contributed by atoms with Crippen molar-refractivity contribution in [2.24, 2.45) is 0 Å². The molecule has 53 heavy (non-hydrogen) atoms. The number of carboxylic acids is 1. The predicted octanol–water partition coefficient (Wildman–Crippen LogP) is 1.58. The van der Waals surface area contributed by atoms with Gasteiger partial charge in [0, 0.05) is 37.3 Å². The molecule has 16 nitrogen and oxygen atoms in total. The van der Waals surface area contributed by atoms with Crippen molar-refractivity contribution in [2.45, 2.75) is 63.0 Å². The number of halogens is 3. The van der Waals surface area contributed by atoms with Gasteiger partial charge < -0.3 is 25.4 Å². The molecule has 0 radical (unpaired) electrons. The van der Waals surface area contributed by atoms with Gasteiger partial charge in [-0.1, -0.05) is 18.2 Å². The molecule has 19 heteroatoms. The number of nitrogens with zero attached hydrogens (tertiary/aromatic N) is 6. The lowest BCUT2D eigenvalue weighted by Crippen LogP contribution is -2.64. The van der Waals surface area contributed by atoms with E-state index in [1.807, 2.05) is 19.0 Å². The highest BCUT2D eigenvalue weighted by Crippen LogP contribution is 2.32. The number of ether oxygens (including phenoxy) is 1. The van der Waals surface area contributed by atoms with Gasteiger partial charge in [-0.3, -0.25) is 33.8 Å². The molecule has 2 aliphatic rings. The van der Waals surface area contributed by atoms with Crippen molar-refractivity contribution in [3.63, 3.8) is 0 Å². The number of ketones is 1. The number of aliphatic carboxylic acids is 1. The second-order valence-corrected chi connectivity index (χ2v) is 12.7. The molecule has 2 aliphatic heterocycles. The van der Waals surface area contributed by atoms with Gasteiger partial charge in [0.15, 0.2) is 23.9 Å². The van der Waals surface area contributed by atoms with Gasteiger partial charge >= 0.3 is 12.1 Å².